The van der Waals surface area contributed by atoms with Gasteiger partial charge in [0.25, 0.3) is 0 Å². The molecule has 0 saturated carbocycles. The van der Waals surface area contributed by atoms with E-state index >= 15 is 0 Å². The highest BCUT2D eigenvalue weighted by Gasteiger charge is 2.23. The van der Waals surface area contributed by atoms with Crippen LogP contribution in [0, 0.1) is 0 Å². The number of sulfonamides is 1. The summed E-state index contributed by atoms with van der Waals surface area (Å²) in [6.07, 6.45) is 1.68. The second-order valence-electron chi connectivity index (χ2n) is 7.68. The third kappa shape index (κ3) is 5.68. The number of anilines is 1. The minimum absolute atomic E-state index is 0.0789. The Labute approximate surface area is 184 Å². The molecule has 0 bridgehead atoms. The summed E-state index contributed by atoms with van der Waals surface area (Å²) in [6, 6.07) is 14.5. The molecule has 1 saturated heterocycles. The molecule has 2 aromatic carbocycles. The van der Waals surface area contributed by atoms with Crippen molar-refractivity contribution in [2.75, 3.05) is 39.2 Å². The Morgan fingerprint density at radius 3 is 2.35 bits per heavy atom. The number of piperidine rings is 1. The molecule has 1 aliphatic heterocycles. The largest absolute Gasteiger partial charge is 0.497 e. The zero-order chi connectivity index (χ0) is 22.4. The van der Waals surface area contributed by atoms with Crippen LogP contribution in [0.25, 0.3) is 0 Å². The summed E-state index contributed by atoms with van der Waals surface area (Å²) in [7, 11) is 1.06. The van der Waals surface area contributed by atoms with E-state index in [1.807, 2.05) is 24.3 Å². The number of amides is 2. The van der Waals surface area contributed by atoms with E-state index in [-0.39, 0.29) is 23.5 Å². The Hall–Kier alpha value is -2.78. The van der Waals surface area contributed by atoms with E-state index < -0.39 is 10.0 Å². The van der Waals surface area contributed by atoms with Crippen molar-refractivity contribution in [3.8, 4) is 5.75 Å². The van der Waals surface area contributed by atoms with E-state index in [1.54, 1.807) is 31.4 Å². The molecule has 8 nitrogen and oxygen atoms in total. The molecule has 0 unspecified atom stereocenters. The SMILES string of the molecule is COc1ccc(N2CCC(NC(=O)NCc3ccccc3S(=O)(=O)N(C)C)CC2)cc1. The Balaban J connectivity index is 1.50. The fourth-order valence-electron chi connectivity index (χ4n) is 3.59. The lowest BCUT2D eigenvalue weighted by Gasteiger charge is -2.34. The van der Waals surface area contributed by atoms with Gasteiger partial charge in [-0.3, -0.25) is 0 Å². The Morgan fingerprint density at radius 1 is 1.10 bits per heavy atom. The van der Waals surface area contributed by atoms with Crippen LogP contribution < -0.4 is 20.3 Å². The van der Waals surface area contributed by atoms with Crippen LogP contribution >= 0.6 is 0 Å². The number of hydrogen-bond acceptors (Lipinski definition) is 5. The molecule has 0 radical (unpaired) electrons. The number of carbonyl (C=O) groups is 1. The molecule has 168 valence electrons. The molecule has 0 aromatic heterocycles. The first kappa shape index (κ1) is 22.9. The van der Waals surface area contributed by atoms with E-state index in [0.717, 1.165) is 37.4 Å². The molecule has 0 atom stereocenters. The molecule has 9 heteroatoms. The number of methoxy groups -OCH3 is 1. The number of urea groups is 1. The van der Waals surface area contributed by atoms with Crippen LogP contribution in [0.1, 0.15) is 18.4 Å². The quantitative estimate of drug-likeness (QED) is 0.682. The minimum Gasteiger partial charge on any atom is -0.497 e. The fraction of sp³-hybridized carbons (Fsp3) is 0.409. The molecule has 0 spiro atoms. The van der Waals surface area contributed by atoms with Gasteiger partial charge in [0.2, 0.25) is 10.0 Å². The zero-order valence-corrected chi connectivity index (χ0v) is 19.0. The van der Waals surface area contributed by atoms with Crippen molar-refractivity contribution in [2.24, 2.45) is 0 Å². The van der Waals surface area contributed by atoms with Gasteiger partial charge in [0.05, 0.1) is 12.0 Å². The number of benzene rings is 2. The van der Waals surface area contributed by atoms with Crippen LogP contribution in [0.3, 0.4) is 0 Å². The third-order valence-corrected chi connectivity index (χ3v) is 7.35. The van der Waals surface area contributed by atoms with Crippen LogP contribution in [-0.2, 0) is 16.6 Å². The molecule has 31 heavy (non-hydrogen) atoms. The summed E-state index contributed by atoms with van der Waals surface area (Å²) >= 11 is 0. The van der Waals surface area contributed by atoms with Gasteiger partial charge in [0.15, 0.2) is 0 Å². The Bertz CT molecular complexity index is 985. The number of hydrogen-bond donors (Lipinski definition) is 2. The van der Waals surface area contributed by atoms with Crippen molar-refractivity contribution >= 4 is 21.7 Å². The smallest absolute Gasteiger partial charge is 0.315 e. The van der Waals surface area contributed by atoms with E-state index in [9.17, 15) is 13.2 Å². The lowest BCUT2D eigenvalue weighted by Crippen LogP contribution is -2.47. The third-order valence-electron chi connectivity index (χ3n) is 5.44. The monoisotopic (exact) mass is 446 g/mol. The van der Waals surface area contributed by atoms with Gasteiger partial charge >= 0.3 is 6.03 Å². The number of ether oxygens (including phenoxy) is 1. The highest BCUT2D eigenvalue weighted by molar-refractivity contribution is 7.89. The predicted molar refractivity (Wildman–Crippen MR) is 121 cm³/mol. The van der Waals surface area contributed by atoms with E-state index in [0.29, 0.717) is 5.56 Å². The average Bonchev–Trinajstić information content (AvgIpc) is 2.78. The van der Waals surface area contributed by atoms with Gasteiger partial charge in [0.1, 0.15) is 5.75 Å². The van der Waals surface area contributed by atoms with E-state index in [4.69, 9.17) is 4.74 Å². The van der Waals surface area contributed by atoms with Crippen LogP contribution in [0.2, 0.25) is 0 Å². The maximum Gasteiger partial charge on any atom is 0.315 e. The van der Waals surface area contributed by atoms with Crippen molar-refractivity contribution in [3.63, 3.8) is 0 Å². The van der Waals surface area contributed by atoms with Crippen LogP contribution in [0.5, 0.6) is 5.75 Å². The topological polar surface area (TPSA) is 91.0 Å². The molecule has 1 heterocycles. The Morgan fingerprint density at radius 2 is 1.74 bits per heavy atom. The normalized spacial score (nSPS) is 15.0. The maximum absolute atomic E-state index is 12.5. The van der Waals surface area contributed by atoms with Crippen molar-refractivity contribution in [1.29, 1.82) is 0 Å². The first-order chi connectivity index (χ1) is 14.8. The number of rotatable bonds is 7. The van der Waals surface area contributed by atoms with Gasteiger partial charge < -0.3 is 20.3 Å². The summed E-state index contributed by atoms with van der Waals surface area (Å²) < 4.78 is 31.3. The number of nitrogens with zero attached hydrogens (tertiary/aromatic N) is 2. The molecule has 2 amide bonds. The lowest BCUT2D eigenvalue weighted by molar-refractivity contribution is 0.234. The van der Waals surface area contributed by atoms with Crippen LogP contribution in [0.4, 0.5) is 10.5 Å². The maximum atomic E-state index is 12.5. The summed E-state index contributed by atoms with van der Waals surface area (Å²) in [4.78, 5) is 14.9. The van der Waals surface area contributed by atoms with E-state index in [1.165, 1.54) is 18.4 Å². The first-order valence-corrected chi connectivity index (χ1v) is 11.7. The molecule has 2 N–H and O–H groups in total. The van der Waals surface area contributed by atoms with Crippen LogP contribution in [-0.4, -0.2) is 59.1 Å². The lowest BCUT2D eigenvalue weighted by atomic mass is 10.0. The minimum atomic E-state index is -3.57. The second-order valence-corrected chi connectivity index (χ2v) is 9.80. The summed E-state index contributed by atoms with van der Waals surface area (Å²) in [5.74, 6) is 0.830. The van der Waals surface area contributed by atoms with Crippen molar-refractivity contribution in [3.05, 3.63) is 54.1 Å². The molecule has 3 rings (SSSR count). The van der Waals surface area contributed by atoms with Crippen molar-refractivity contribution < 1.29 is 17.9 Å². The van der Waals surface area contributed by atoms with Gasteiger partial charge in [-0.05, 0) is 48.7 Å². The summed E-state index contributed by atoms with van der Waals surface area (Å²) in [5.41, 5.74) is 1.70. The van der Waals surface area contributed by atoms with Crippen LogP contribution in [0.15, 0.2) is 53.4 Å². The van der Waals surface area contributed by atoms with Gasteiger partial charge in [-0.25, -0.2) is 17.5 Å². The molecular weight excluding hydrogens is 416 g/mol. The number of nitrogens with one attached hydrogen (secondary N) is 2. The van der Waals surface area contributed by atoms with Crippen molar-refractivity contribution in [1.82, 2.24) is 14.9 Å². The van der Waals surface area contributed by atoms with Gasteiger partial charge in [-0.2, -0.15) is 0 Å². The standard InChI is InChI=1S/C22H30N4O4S/c1-25(2)31(28,29)21-7-5-4-6-17(21)16-23-22(27)24-18-12-14-26(15-13-18)19-8-10-20(30-3)11-9-19/h4-11,18H,12-16H2,1-3H3,(H2,23,24,27). The Kier molecular flexibility index (Phi) is 7.40. The summed E-state index contributed by atoms with van der Waals surface area (Å²) in [6.45, 7) is 1.84. The molecule has 1 aliphatic rings. The fourth-order valence-corrected chi connectivity index (χ4v) is 4.70. The molecule has 1 fully saturated rings. The van der Waals surface area contributed by atoms with E-state index in [2.05, 4.69) is 15.5 Å². The summed E-state index contributed by atoms with van der Waals surface area (Å²) in [5, 5.41) is 5.80. The highest BCUT2D eigenvalue weighted by Crippen LogP contribution is 2.23. The zero-order valence-electron chi connectivity index (χ0n) is 18.2. The first-order valence-electron chi connectivity index (χ1n) is 10.2. The van der Waals surface area contributed by atoms with Gasteiger partial charge in [0, 0.05) is 45.5 Å². The van der Waals surface area contributed by atoms with Crippen molar-refractivity contribution in [2.45, 2.75) is 30.3 Å². The second kappa shape index (κ2) is 10.0. The van der Waals surface area contributed by atoms with Gasteiger partial charge in [-0.15, -0.1) is 0 Å². The number of carbonyl (C=O) groups excluding carboxylic acids is 1. The molecule has 2 aromatic rings. The molecule has 0 aliphatic carbocycles. The molecular formula is C22H30N4O4S. The highest BCUT2D eigenvalue weighted by atomic mass is 32.2. The average molecular weight is 447 g/mol. The predicted octanol–water partition coefficient (Wildman–Crippen LogP) is 2.41. The van der Waals surface area contributed by atoms with Gasteiger partial charge in [-0.1, -0.05) is 18.2 Å².